The maximum atomic E-state index is 15.1. The highest BCUT2D eigenvalue weighted by atomic mass is 19.4. The Bertz CT molecular complexity index is 1730. The van der Waals surface area contributed by atoms with Gasteiger partial charge in [-0.15, -0.1) is 0 Å². The van der Waals surface area contributed by atoms with Gasteiger partial charge in [-0.2, -0.15) is 18.4 Å². The van der Waals surface area contributed by atoms with Gasteiger partial charge in [0.05, 0.1) is 12.0 Å². The zero-order valence-corrected chi connectivity index (χ0v) is 20.8. The molecule has 3 heterocycles. The van der Waals surface area contributed by atoms with E-state index in [0.29, 0.717) is 28.4 Å². The molecule has 0 spiro atoms. The maximum Gasteiger partial charge on any atom is 0.416 e. The summed E-state index contributed by atoms with van der Waals surface area (Å²) in [5.74, 6) is -3.14. The number of nitriles is 1. The van der Waals surface area contributed by atoms with E-state index in [1.54, 1.807) is 24.3 Å². The van der Waals surface area contributed by atoms with Crippen LogP contribution in [0.4, 0.5) is 22.0 Å². The SMILES string of the molecule is C=N/C(=C\C(=C/C)C(F)(F)F)NC(=O)Cc1cc(F)c(-c2cnc3[nH]c(-c4ccnc(C#N)c4)cc3c2)cc1F. The first-order chi connectivity index (χ1) is 19.0. The quantitative estimate of drug-likeness (QED) is 0.164. The molecule has 0 aliphatic rings. The number of pyridine rings is 2. The van der Waals surface area contributed by atoms with Gasteiger partial charge >= 0.3 is 6.18 Å². The molecule has 1 aromatic carbocycles. The van der Waals surface area contributed by atoms with Crippen LogP contribution in [-0.4, -0.2) is 33.8 Å². The number of aromatic amines is 1. The first kappa shape index (κ1) is 27.8. The minimum absolute atomic E-state index is 0.106. The average molecular weight is 550 g/mol. The van der Waals surface area contributed by atoms with Crippen LogP contribution in [0.1, 0.15) is 18.2 Å². The number of nitrogens with zero attached hydrogens (tertiary/aromatic N) is 4. The molecule has 0 aliphatic heterocycles. The van der Waals surface area contributed by atoms with Gasteiger partial charge in [-0.1, -0.05) is 6.08 Å². The van der Waals surface area contributed by atoms with Crippen LogP contribution in [0, 0.1) is 23.0 Å². The zero-order valence-electron chi connectivity index (χ0n) is 20.8. The number of halogens is 5. The van der Waals surface area contributed by atoms with Crippen molar-refractivity contribution in [2.24, 2.45) is 4.99 Å². The molecule has 0 unspecified atom stereocenters. The Kier molecular flexibility index (Phi) is 7.85. The molecule has 7 nitrogen and oxygen atoms in total. The molecule has 4 rings (SSSR count). The summed E-state index contributed by atoms with van der Waals surface area (Å²) in [6.07, 6.45) is -1.13. The average Bonchev–Trinajstić information content (AvgIpc) is 3.35. The molecule has 0 radical (unpaired) electrons. The van der Waals surface area contributed by atoms with Gasteiger partial charge in [0.2, 0.25) is 5.91 Å². The molecule has 0 saturated carbocycles. The van der Waals surface area contributed by atoms with Crippen molar-refractivity contribution < 1.29 is 26.7 Å². The number of hydrogen-bond acceptors (Lipinski definition) is 5. The second-order valence-corrected chi connectivity index (χ2v) is 8.46. The van der Waals surface area contributed by atoms with Crippen LogP contribution in [-0.2, 0) is 11.2 Å². The van der Waals surface area contributed by atoms with E-state index in [1.165, 1.54) is 12.4 Å². The van der Waals surface area contributed by atoms with Crippen LogP contribution in [0.3, 0.4) is 0 Å². The number of amides is 1. The molecule has 202 valence electrons. The van der Waals surface area contributed by atoms with Crippen molar-refractivity contribution in [3.8, 4) is 28.5 Å². The minimum Gasteiger partial charge on any atom is -0.339 e. The van der Waals surface area contributed by atoms with Crippen molar-refractivity contribution in [3.63, 3.8) is 0 Å². The standard InChI is InChI=1S/C28H19F5N6O/c1-3-19(28(31,32)33)11-25(35-2)39-26(40)10-16-8-23(30)21(12-22(16)29)18-6-17-9-24(38-27(17)37-14-18)15-4-5-36-20(7-15)13-34/h3-9,11-12,14H,2,10H2,1H3,(H,37,38)(H,39,40)/b19-3+,25-11+. The number of H-pyrrole nitrogens is 1. The molecule has 2 N–H and O–H groups in total. The first-order valence-corrected chi connectivity index (χ1v) is 11.6. The van der Waals surface area contributed by atoms with E-state index in [-0.39, 0.29) is 22.4 Å². The van der Waals surface area contributed by atoms with E-state index in [0.717, 1.165) is 25.1 Å². The molecule has 0 aliphatic carbocycles. The lowest BCUT2D eigenvalue weighted by Crippen LogP contribution is -2.25. The smallest absolute Gasteiger partial charge is 0.339 e. The summed E-state index contributed by atoms with van der Waals surface area (Å²) in [6, 6.07) is 10.4. The van der Waals surface area contributed by atoms with E-state index in [4.69, 9.17) is 5.26 Å². The number of carbonyl (C=O) groups is 1. The number of alkyl halides is 3. The van der Waals surface area contributed by atoms with E-state index >= 15 is 4.39 Å². The molecule has 1 amide bonds. The third kappa shape index (κ3) is 6.10. The van der Waals surface area contributed by atoms with Crippen LogP contribution in [0.5, 0.6) is 0 Å². The van der Waals surface area contributed by atoms with E-state index in [9.17, 15) is 22.4 Å². The zero-order chi connectivity index (χ0) is 29.0. The number of aliphatic imine (C=N–C) groups is 1. The Morgan fingerprint density at radius 1 is 1.15 bits per heavy atom. The Labute approximate surface area is 224 Å². The minimum atomic E-state index is -4.68. The molecule has 12 heteroatoms. The van der Waals surface area contributed by atoms with Crippen LogP contribution in [0.15, 0.2) is 77.3 Å². The van der Waals surface area contributed by atoms with Gasteiger partial charge in [0.1, 0.15) is 34.9 Å². The van der Waals surface area contributed by atoms with Crippen LogP contribution >= 0.6 is 0 Å². The lowest BCUT2D eigenvalue weighted by molar-refractivity contribution is -0.119. The number of fused-ring (bicyclic) bond motifs is 1. The third-order valence-corrected chi connectivity index (χ3v) is 5.82. The van der Waals surface area contributed by atoms with Crippen LogP contribution in [0.25, 0.3) is 33.4 Å². The molecule has 3 aromatic heterocycles. The van der Waals surface area contributed by atoms with Gasteiger partial charge in [-0.25, -0.2) is 23.7 Å². The lowest BCUT2D eigenvalue weighted by atomic mass is 10.0. The third-order valence-electron chi connectivity index (χ3n) is 5.82. The van der Waals surface area contributed by atoms with Crippen LogP contribution in [0.2, 0.25) is 0 Å². The van der Waals surface area contributed by atoms with Gasteiger partial charge in [-0.05, 0) is 56.1 Å². The van der Waals surface area contributed by atoms with Gasteiger partial charge in [0.25, 0.3) is 0 Å². The Morgan fingerprint density at radius 3 is 2.60 bits per heavy atom. The van der Waals surface area contributed by atoms with Crippen molar-refractivity contribution in [1.82, 2.24) is 20.3 Å². The number of aromatic nitrogens is 3. The van der Waals surface area contributed by atoms with Gasteiger partial charge in [0, 0.05) is 45.7 Å². The topological polar surface area (TPSA) is 107 Å². The monoisotopic (exact) mass is 550 g/mol. The number of carbonyl (C=O) groups excluding carboxylic acids is 1. The number of hydrogen-bond donors (Lipinski definition) is 2. The second kappa shape index (κ2) is 11.3. The Hall–Kier alpha value is -5.18. The molecular formula is C28H19F5N6O. The van der Waals surface area contributed by atoms with Gasteiger partial charge in [-0.3, -0.25) is 4.79 Å². The summed E-state index contributed by atoms with van der Waals surface area (Å²) in [5.41, 5.74) is 0.831. The number of nitrogens with one attached hydrogen (secondary N) is 2. The summed E-state index contributed by atoms with van der Waals surface area (Å²) in [5, 5.41) is 11.8. The van der Waals surface area contributed by atoms with Crippen molar-refractivity contribution in [3.05, 3.63) is 95.2 Å². The summed E-state index contributed by atoms with van der Waals surface area (Å²) in [7, 11) is 0. The van der Waals surface area contributed by atoms with E-state index in [2.05, 4.69) is 32.0 Å². The number of allylic oxidation sites excluding steroid dienone is 3. The summed E-state index contributed by atoms with van der Waals surface area (Å²) in [4.78, 5) is 27.0. The molecule has 0 fully saturated rings. The highest BCUT2D eigenvalue weighted by Crippen LogP contribution is 2.30. The van der Waals surface area contributed by atoms with Gasteiger partial charge in [0.15, 0.2) is 0 Å². The van der Waals surface area contributed by atoms with E-state index < -0.39 is 41.5 Å². The molecule has 0 atom stereocenters. The van der Waals surface area contributed by atoms with Crippen LogP contribution < -0.4 is 5.32 Å². The number of rotatable bonds is 7. The van der Waals surface area contributed by atoms with E-state index in [1.807, 2.05) is 6.07 Å². The number of benzene rings is 1. The van der Waals surface area contributed by atoms with Crippen molar-refractivity contribution in [2.75, 3.05) is 0 Å². The van der Waals surface area contributed by atoms with Crippen molar-refractivity contribution >= 4 is 23.7 Å². The molecular weight excluding hydrogens is 531 g/mol. The fourth-order valence-corrected chi connectivity index (χ4v) is 3.88. The summed E-state index contributed by atoms with van der Waals surface area (Å²) in [6.45, 7) is 4.29. The van der Waals surface area contributed by atoms with Gasteiger partial charge < -0.3 is 10.3 Å². The predicted octanol–water partition coefficient (Wildman–Crippen LogP) is 6.15. The fourth-order valence-electron chi connectivity index (χ4n) is 3.88. The highest BCUT2D eigenvalue weighted by Gasteiger charge is 2.31. The molecule has 0 bridgehead atoms. The largest absolute Gasteiger partial charge is 0.416 e. The highest BCUT2D eigenvalue weighted by molar-refractivity contribution is 5.87. The Morgan fingerprint density at radius 2 is 1.93 bits per heavy atom. The Balaban J connectivity index is 1.57. The molecule has 4 aromatic rings. The fraction of sp³-hybridized carbons (Fsp3) is 0.107. The first-order valence-electron chi connectivity index (χ1n) is 11.6. The lowest BCUT2D eigenvalue weighted by Gasteiger charge is -2.11. The summed E-state index contributed by atoms with van der Waals surface area (Å²) < 4.78 is 68.9. The predicted molar refractivity (Wildman–Crippen MR) is 139 cm³/mol. The molecule has 40 heavy (non-hydrogen) atoms. The summed E-state index contributed by atoms with van der Waals surface area (Å²) >= 11 is 0. The normalized spacial score (nSPS) is 12.3. The molecule has 0 saturated heterocycles. The maximum absolute atomic E-state index is 15.1. The van der Waals surface area contributed by atoms with Crippen molar-refractivity contribution in [2.45, 2.75) is 19.5 Å². The van der Waals surface area contributed by atoms with Crippen molar-refractivity contribution in [1.29, 1.82) is 5.26 Å². The second-order valence-electron chi connectivity index (χ2n) is 8.46.